The maximum absolute atomic E-state index is 13.4. The van der Waals surface area contributed by atoms with E-state index in [9.17, 15) is 19.5 Å². The Hall–Kier alpha value is -2.61. The molecule has 3 amide bonds. The van der Waals surface area contributed by atoms with Gasteiger partial charge in [0.2, 0.25) is 5.91 Å². The van der Waals surface area contributed by atoms with Gasteiger partial charge in [0.1, 0.15) is 11.6 Å². The van der Waals surface area contributed by atoms with Crippen molar-refractivity contribution in [2.75, 3.05) is 6.54 Å². The first kappa shape index (κ1) is 23.1. The van der Waals surface area contributed by atoms with Crippen LogP contribution in [0.4, 0.5) is 4.79 Å². The number of aliphatic hydroxyl groups excluding tert-OH is 1. The minimum absolute atomic E-state index is 0.132. The van der Waals surface area contributed by atoms with Crippen LogP contribution in [0.15, 0.2) is 30.3 Å². The molecule has 0 aromatic heterocycles. The van der Waals surface area contributed by atoms with Crippen molar-refractivity contribution >= 4 is 17.9 Å². The fourth-order valence-corrected chi connectivity index (χ4v) is 3.78. The van der Waals surface area contributed by atoms with Crippen molar-refractivity contribution in [3.8, 4) is 0 Å². The van der Waals surface area contributed by atoms with Crippen molar-refractivity contribution in [1.82, 2.24) is 15.5 Å². The normalized spacial score (nSPS) is 20.6. The van der Waals surface area contributed by atoms with Crippen LogP contribution in [-0.4, -0.2) is 64.3 Å². The van der Waals surface area contributed by atoms with Crippen LogP contribution in [0.25, 0.3) is 0 Å². The molecule has 1 aliphatic heterocycles. The Morgan fingerprint density at radius 1 is 1.16 bits per heavy atom. The van der Waals surface area contributed by atoms with E-state index < -0.39 is 35.8 Å². The van der Waals surface area contributed by atoms with Crippen LogP contribution < -0.4 is 10.6 Å². The fourth-order valence-electron chi connectivity index (χ4n) is 3.78. The van der Waals surface area contributed by atoms with Gasteiger partial charge < -0.3 is 25.4 Å². The molecule has 0 spiro atoms. The quantitative estimate of drug-likeness (QED) is 0.610. The molecule has 0 bridgehead atoms. The smallest absolute Gasteiger partial charge is 0.408 e. The molecule has 8 nitrogen and oxygen atoms in total. The number of nitrogens with one attached hydrogen (secondary N) is 2. The average Bonchev–Trinajstić information content (AvgIpc) is 3.37. The van der Waals surface area contributed by atoms with Crippen LogP contribution in [0, 0.1) is 0 Å². The summed E-state index contributed by atoms with van der Waals surface area (Å²) in [5.41, 5.74) is 0.192. The minimum Gasteiger partial charge on any atom is -0.444 e. The monoisotopic (exact) mass is 431 g/mol. The number of nitrogens with zero attached hydrogens (tertiary/aromatic N) is 1. The van der Waals surface area contributed by atoms with Gasteiger partial charge in [0.05, 0.1) is 6.04 Å². The van der Waals surface area contributed by atoms with Crippen LogP contribution in [0.5, 0.6) is 0 Å². The second-order valence-corrected chi connectivity index (χ2v) is 9.36. The molecule has 170 valence electrons. The molecule has 1 saturated heterocycles. The minimum atomic E-state index is -1.29. The molecular weight excluding hydrogens is 398 g/mol. The zero-order chi connectivity index (χ0) is 22.6. The van der Waals surface area contributed by atoms with Crippen LogP contribution >= 0.6 is 0 Å². The first-order chi connectivity index (χ1) is 14.6. The highest BCUT2D eigenvalue weighted by Gasteiger charge is 2.41. The van der Waals surface area contributed by atoms with Crippen molar-refractivity contribution < 1.29 is 24.2 Å². The highest BCUT2D eigenvalue weighted by molar-refractivity contribution is 5.88. The zero-order valence-electron chi connectivity index (χ0n) is 18.5. The highest BCUT2D eigenvalue weighted by Crippen LogP contribution is 2.24. The largest absolute Gasteiger partial charge is 0.444 e. The molecule has 3 rings (SSSR count). The highest BCUT2D eigenvalue weighted by atomic mass is 16.6. The molecule has 2 aliphatic rings. The summed E-state index contributed by atoms with van der Waals surface area (Å²) >= 11 is 0. The molecule has 3 atom stereocenters. The topological polar surface area (TPSA) is 108 Å². The lowest BCUT2D eigenvalue weighted by Crippen LogP contribution is -2.56. The van der Waals surface area contributed by atoms with Gasteiger partial charge in [-0.3, -0.25) is 9.59 Å². The van der Waals surface area contributed by atoms with Crippen LogP contribution in [0.2, 0.25) is 0 Å². The van der Waals surface area contributed by atoms with Gasteiger partial charge >= 0.3 is 6.09 Å². The summed E-state index contributed by atoms with van der Waals surface area (Å²) in [6.45, 7) is 5.70. The Morgan fingerprint density at radius 3 is 2.45 bits per heavy atom. The SMILES string of the molecule is CC(C)(C)OC(=O)N[C@@H](Cc1ccccc1)C(=O)N1CCCC1C(O)C(=O)NC1CC1. The predicted octanol–water partition coefficient (Wildman–Crippen LogP) is 1.75. The summed E-state index contributed by atoms with van der Waals surface area (Å²) in [6, 6.07) is 8.05. The van der Waals surface area contributed by atoms with Gasteiger partial charge in [-0.25, -0.2) is 4.79 Å². The number of carbonyl (C=O) groups is 3. The Morgan fingerprint density at radius 2 is 1.84 bits per heavy atom. The zero-order valence-corrected chi connectivity index (χ0v) is 18.5. The van der Waals surface area contributed by atoms with Crippen LogP contribution in [-0.2, 0) is 20.7 Å². The molecule has 2 unspecified atom stereocenters. The van der Waals surface area contributed by atoms with Crippen molar-refractivity contribution in [2.45, 2.75) is 82.7 Å². The summed E-state index contributed by atoms with van der Waals surface area (Å²) in [5, 5.41) is 16.1. The second kappa shape index (κ2) is 9.68. The molecule has 1 aromatic carbocycles. The third-order valence-corrected chi connectivity index (χ3v) is 5.41. The first-order valence-electron chi connectivity index (χ1n) is 11.0. The van der Waals surface area contributed by atoms with Crippen molar-refractivity contribution in [2.24, 2.45) is 0 Å². The molecule has 1 saturated carbocycles. The summed E-state index contributed by atoms with van der Waals surface area (Å²) < 4.78 is 5.35. The second-order valence-electron chi connectivity index (χ2n) is 9.36. The number of amides is 3. The number of hydrogen-bond acceptors (Lipinski definition) is 5. The molecule has 2 fully saturated rings. The number of alkyl carbamates (subject to hydrolysis) is 1. The van der Waals surface area contributed by atoms with E-state index in [4.69, 9.17) is 4.74 Å². The van der Waals surface area contributed by atoms with Crippen molar-refractivity contribution in [3.63, 3.8) is 0 Å². The Balaban J connectivity index is 1.73. The van der Waals surface area contributed by atoms with Crippen molar-refractivity contribution in [1.29, 1.82) is 0 Å². The number of carbonyl (C=O) groups excluding carboxylic acids is 3. The Bertz CT molecular complexity index is 788. The first-order valence-corrected chi connectivity index (χ1v) is 11.0. The van der Waals surface area contributed by atoms with Gasteiger partial charge in [-0.2, -0.15) is 0 Å². The van der Waals surface area contributed by atoms with E-state index in [1.165, 1.54) is 4.90 Å². The summed E-state index contributed by atoms with van der Waals surface area (Å²) in [4.78, 5) is 39.7. The standard InChI is InChI=1S/C23H33N3O5/c1-23(2,3)31-22(30)25-17(14-15-8-5-4-6-9-15)21(29)26-13-7-10-18(26)19(27)20(28)24-16-11-12-16/h4-6,8-9,16-19,27H,7,10-14H2,1-3H3,(H,24,28)(H,25,30)/t17-,18?,19?/m0/s1. The van der Waals surface area contributed by atoms with E-state index in [0.29, 0.717) is 19.4 Å². The molecule has 0 radical (unpaired) electrons. The van der Waals surface area contributed by atoms with E-state index in [1.54, 1.807) is 20.8 Å². The van der Waals surface area contributed by atoms with E-state index in [2.05, 4.69) is 10.6 Å². The maximum atomic E-state index is 13.4. The summed E-state index contributed by atoms with van der Waals surface area (Å²) in [5.74, 6) is -0.762. The summed E-state index contributed by atoms with van der Waals surface area (Å²) in [7, 11) is 0. The van der Waals surface area contributed by atoms with Gasteiger partial charge in [-0.15, -0.1) is 0 Å². The lowest BCUT2D eigenvalue weighted by molar-refractivity contribution is -0.141. The van der Waals surface area contributed by atoms with Gasteiger partial charge in [-0.05, 0) is 52.0 Å². The van der Waals surface area contributed by atoms with E-state index in [1.807, 2.05) is 30.3 Å². The summed E-state index contributed by atoms with van der Waals surface area (Å²) in [6.07, 6.45) is 1.39. The molecule has 31 heavy (non-hydrogen) atoms. The Labute approximate surface area is 183 Å². The third-order valence-electron chi connectivity index (χ3n) is 5.41. The van der Waals surface area contributed by atoms with Gasteiger partial charge in [0.25, 0.3) is 5.91 Å². The number of likely N-dealkylation sites (tertiary alicyclic amines) is 1. The van der Waals surface area contributed by atoms with E-state index >= 15 is 0 Å². The molecule has 3 N–H and O–H groups in total. The maximum Gasteiger partial charge on any atom is 0.408 e. The molecule has 1 heterocycles. The number of ether oxygens (including phenoxy) is 1. The Kier molecular flexibility index (Phi) is 7.20. The molecular formula is C23H33N3O5. The van der Waals surface area contributed by atoms with Crippen molar-refractivity contribution in [3.05, 3.63) is 35.9 Å². The molecule has 8 heteroatoms. The average molecular weight is 432 g/mol. The van der Waals surface area contributed by atoms with Crippen LogP contribution in [0.3, 0.4) is 0 Å². The lowest BCUT2D eigenvalue weighted by Gasteiger charge is -2.32. The van der Waals surface area contributed by atoms with Gasteiger partial charge in [0, 0.05) is 19.0 Å². The van der Waals surface area contributed by atoms with Gasteiger partial charge in [0.15, 0.2) is 6.10 Å². The van der Waals surface area contributed by atoms with Gasteiger partial charge in [-0.1, -0.05) is 30.3 Å². The lowest BCUT2D eigenvalue weighted by atomic mass is 10.0. The van der Waals surface area contributed by atoms with E-state index in [0.717, 1.165) is 18.4 Å². The van der Waals surface area contributed by atoms with E-state index in [-0.39, 0.29) is 18.4 Å². The number of rotatable bonds is 7. The fraction of sp³-hybridized carbons (Fsp3) is 0.609. The number of benzene rings is 1. The molecule has 1 aliphatic carbocycles. The molecule has 1 aromatic rings. The third kappa shape index (κ3) is 6.69. The van der Waals surface area contributed by atoms with Crippen LogP contribution in [0.1, 0.15) is 52.0 Å². The number of hydrogen-bond donors (Lipinski definition) is 3. The predicted molar refractivity (Wildman–Crippen MR) is 115 cm³/mol. The number of aliphatic hydroxyl groups is 1.